The average molecular weight is 372 g/mol. The van der Waals surface area contributed by atoms with E-state index in [-0.39, 0.29) is 11.5 Å². The van der Waals surface area contributed by atoms with Crippen molar-refractivity contribution >= 4 is 33.0 Å². The Labute approximate surface area is 156 Å². The Bertz CT molecular complexity index is 1010. The van der Waals surface area contributed by atoms with Crippen LogP contribution in [0.5, 0.6) is 0 Å². The average Bonchev–Trinajstić information content (AvgIpc) is 3.11. The Morgan fingerprint density at radius 3 is 2.65 bits per heavy atom. The highest BCUT2D eigenvalue weighted by atomic mass is 32.1. The lowest BCUT2D eigenvalue weighted by molar-refractivity contribution is -0.135. The van der Waals surface area contributed by atoms with Gasteiger partial charge in [-0.1, -0.05) is 19.8 Å². The summed E-state index contributed by atoms with van der Waals surface area (Å²) in [4.78, 5) is 28.2. The van der Waals surface area contributed by atoms with Gasteiger partial charge < -0.3 is 4.90 Å². The minimum atomic E-state index is -0.530. The first kappa shape index (κ1) is 17.3. The zero-order chi connectivity index (χ0) is 18.3. The Balaban J connectivity index is 1.79. The molecular formula is C19H24N4O2S. The summed E-state index contributed by atoms with van der Waals surface area (Å²) in [5, 5.41) is 6.55. The van der Waals surface area contributed by atoms with Crippen LogP contribution in [-0.4, -0.2) is 38.1 Å². The molecule has 4 heterocycles. The Morgan fingerprint density at radius 2 is 1.96 bits per heavy atom. The molecule has 0 N–H and O–H groups in total. The number of aryl methyl sites for hydroxylation is 1. The van der Waals surface area contributed by atoms with Gasteiger partial charge in [0.1, 0.15) is 17.4 Å². The molecule has 7 heteroatoms. The van der Waals surface area contributed by atoms with Crippen LogP contribution in [0.15, 0.2) is 22.3 Å². The summed E-state index contributed by atoms with van der Waals surface area (Å²) in [5.41, 5.74) is 1.42. The normalized spacial score (nSPS) is 16.9. The van der Waals surface area contributed by atoms with Crippen LogP contribution in [0.1, 0.15) is 50.9 Å². The second-order valence-electron chi connectivity index (χ2n) is 7.00. The third kappa shape index (κ3) is 2.74. The first-order valence-corrected chi connectivity index (χ1v) is 10.3. The molecule has 1 aliphatic heterocycles. The second-order valence-corrected chi connectivity index (χ2v) is 7.94. The molecule has 1 amide bonds. The van der Waals surface area contributed by atoms with E-state index in [0.29, 0.717) is 11.9 Å². The number of hydrogen-bond donors (Lipinski definition) is 0. The van der Waals surface area contributed by atoms with Crippen molar-refractivity contribution in [2.24, 2.45) is 0 Å². The van der Waals surface area contributed by atoms with E-state index in [1.165, 1.54) is 17.5 Å². The molecule has 1 unspecified atom stereocenters. The molecule has 4 rings (SSSR count). The third-order valence-corrected chi connectivity index (χ3v) is 6.16. The minimum absolute atomic E-state index is 0.0288. The summed E-state index contributed by atoms with van der Waals surface area (Å²) in [6.45, 7) is 5.41. The molecule has 26 heavy (non-hydrogen) atoms. The van der Waals surface area contributed by atoms with Crippen LogP contribution in [0, 0.1) is 6.92 Å². The van der Waals surface area contributed by atoms with E-state index >= 15 is 0 Å². The van der Waals surface area contributed by atoms with Crippen LogP contribution in [0.25, 0.3) is 15.7 Å². The fourth-order valence-corrected chi connectivity index (χ4v) is 4.76. The molecule has 0 aliphatic carbocycles. The van der Waals surface area contributed by atoms with Crippen molar-refractivity contribution in [1.29, 1.82) is 0 Å². The molecule has 6 nitrogen and oxygen atoms in total. The van der Waals surface area contributed by atoms with Crippen molar-refractivity contribution in [1.82, 2.24) is 19.1 Å². The Hall–Kier alpha value is -2.15. The van der Waals surface area contributed by atoms with Crippen molar-refractivity contribution in [3.63, 3.8) is 0 Å². The maximum Gasteiger partial charge on any atom is 0.291 e. The predicted octanol–water partition coefficient (Wildman–Crippen LogP) is 3.37. The molecule has 3 aromatic rings. The van der Waals surface area contributed by atoms with Crippen molar-refractivity contribution in [2.75, 3.05) is 13.1 Å². The van der Waals surface area contributed by atoms with Gasteiger partial charge in [-0.05, 0) is 43.7 Å². The van der Waals surface area contributed by atoms with E-state index in [1.807, 2.05) is 40.7 Å². The lowest BCUT2D eigenvalue weighted by Crippen LogP contribution is -2.42. The quantitative estimate of drug-likeness (QED) is 0.708. The number of fused-ring (bicyclic) bond motifs is 3. The van der Waals surface area contributed by atoms with Gasteiger partial charge in [0.15, 0.2) is 0 Å². The van der Waals surface area contributed by atoms with Crippen molar-refractivity contribution in [3.8, 4) is 0 Å². The third-order valence-electron chi connectivity index (χ3n) is 5.31. The van der Waals surface area contributed by atoms with Gasteiger partial charge in [-0.25, -0.2) is 4.68 Å². The summed E-state index contributed by atoms with van der Waals surface area (Å²) in [6, 6.07) is 3.39. The lowest BCUT2D eigenvalue weighted by atomic mass is 10.2. The standard InChI is InChI=1S/C19H24N4O2S/c1-3-14(18(24)21-9-6-4-5-7-10-21)23-19(25)16-12-17-15(8-11-26-17)22(16)13(2)20-23/h8,11-12,14H,3-7,9-10H2,1-2H3. The van der Waals surface area contributed by atoms with Crippen molar-refractivity contribution in [3.05, 3.63) is 33.7 Å². The summed E-state index contributed by atoms with van der Waals surface area (Å²) in [6.07, 6.45) is 4.98. The number of amides is 1. The highest BCUT2D eigenvalue weighted by Gasteiger charge is 2.28. The number of carbonyl (C=O) groups excluding carboxylic acids is 1. The molecule has 0 aromatic carbocycles. The zero-order valence-electron chi connectivity index (χ0n) is 15.3. The van der Waals surface area contributed by atoms with E-state index in [0.717, 1.165) is 42.0 Å². The summed E-state index contributed by atoms with van der Waals surface area (Å²) in [5.74, 6) is 0.760. The first-order valence-electron chi connectivity index (χ1n) is 9.38. The van der Waals surface area contributed by atoms with Crippen LogP contribution in [0.2, 0.25) is 0 Å². The fourth-order valence-electron chi connectivity index (χ4n) is 3.96. The molecular weight excluding hydrogens is 348 g/mol. The monoisotopic (exact) mass is 372 g/mol. The van der Waals surface area contributed by atoms with Crippen LogP contribution in [0.4, 0.5) is 0 Å². The van der Waals surface area contributed by atoms with Gasteiger partial charge in [0.05, 0.1) is 10.2 Å². The number of rotatable bonds is 3. The maximum absolute atomic E-state index is 13.1. The number of aromatic nitrogens is 3. The highest BCUT2D eigenvalue weighted by molar-refractivity contribution is 7.17. The molecule has 0 radical (unpaired) electrons. The smallest absolute Gasteiger partial charge is 0.291 e. The van der Waals surface area contributed by atoms with Crippen LogP contribution >= 0.6 is 11.3 Å². The van der Waals surface area contributed by atoms with E-state index in [4.69, 9.17) is 0 Å². The first-order chi connectivity index (χ1) is 12.6. The van der Waals surface area contributed by atoms with Crippen LogP contribution in [-0.2, 0) is 4.79 Å². The number of hydrogen-bond acceptors (Lipinski definition) is 4. The Morgan fingerprint density at radius 1 is 1.23 bits per heavy atom. The second kappa shape index (κ2) is 6.87. The summed E-state index contributed by atoms with van der Waals surface area (Å²) in [7, 11) is 0. The Kier molecular flexibility index (Phi) is 4.56. The molecule has 3 aromatic heterocycles. The van der Waals surface area contributed by atoms with Gasteiger partial charge in [-0.3, -0.25) is 14.0 Å². The number of nitrogens with zero attached hydrogens (tertiary/aromatic N) is 4. The summed E-state index contributed by atoms with van der Waals surface area (Å²) < 4.78 is 4.38. The fraction of sp³-hybridized carbons (Fsp3) is 0.526. The SMILES string of the molecule is CCC(C(=O)N1CCCCCC1)n1nc(C)n2c(cc3sccc32)c1=O. The summed E-state index contributed by atoms with van der Waals surface area (Å²) >= 11 is 1.61. The van der Waals surface area contributed by atoms with Gasteiger partial charge in [-0.2, -0.15) is 5.10 Å². The van der Waals surface area contributed by atoms with Gasteiger partial charge in [-0.15, -0.1) is 11.3 Å². The molecule has 0 saturated carbocycles. The van der Waals surface area contributed by atoms with Crippen LogP contribution in [0.3, 0.4) is 0 Å². The molecule has 1 aliphatic rings. The lowest BCUT2D eigenvalue weighted by Gasteiger charge is -2.26. The van der Waals surface area contributed by atoms with Gasteiger partial charge >= 0.3 is 0 Å². The number of thiophene rings is 1. The van der Waals surface area contributed by atoms with E-state index in [1.54, 1.807) is 11.3 Å². The topological polar surface area (TPSA) is 59.6 Å². The molecule has 138 valence electrons. The maximum atomic E-state index is 13.1. The van der Waals surface area contributed by atoms with Crippen molar-refractivity contribution in [2.45, 2.75) is 52.0 Å². The zero-order valence-corrected chi connectivity index (χ0v) is 16.1. The molecule has 1 saturated heterocycles. The van der Waals surface area contributed by atoms with Gasteiger partial charge in [0.2, 0.25) is 5.91 Å². The molecule has 1 atom stereocenters. The number of likely N-dealkylation sites (tertiary alicyclic amines) is 1. The van der Waals surface area contributed by atoms with E-state index in [9.17, 15) is 9.59 Å². The predicted molar refractivity (Wildman–Crippen MR) is 104 cm³/mol. The minimum Gasteiger partial charge on any atom is -0.341 e. The van der Waals surface area contributed by atoms with Gasteiger partial charge in [0, 0.05) is 13.1 Å². The highest BCUT2D eigenvalue weighted by Crippen LogP contribution is 2.25. The van der Waals surface area contributed by atoms with E-state index < -0.39 is 6.04 Å². The molecule has 0 bridgehead atoms. The van der Waals surface area contributed by atoms with Gasteiger partial charge in [0.25, 0.3) is 5.56 Å². The van der Waals surface area contributed by atoms with E-state index in [2.05, 4.69) is 5.10 Å². The van der Waals surface area contributed by atoms with Crippen molar-refractivity contribution < 1.29 is 4.79 Å². The molecule has 1 fully saturated rings. The van der Waals surface area contributed by atoms with Crippen LogP contribution < -0.4 is 5.56 Å². The molecule has 0 spiro atoms. The number of carbonyl (C=O) groups is 1. The largest absolute Gasteiger partial charge is 0.341 e.